The molecule has 0 saturated heterocycles. The average molecular weight is 298 g/mol. The molecular weight excluding hydrogens is 295 g/mol. The van der Waals surface area contributed by atoms with E-state index in [0.29, 0.717) is 0 Å². The van der Waals surface area contributed by atoms with Crippen LogP contribution in [0.2, 0.25) is 0 Å². The van der Waals surface area contributed by atoms with Crippen molar-refractivity contribution in [1.82, 2.24) is 0 Å². The van der Waals surface area contributed by atoms with Crippen molar-refractivity contribution < 1.29 is 36.4 Å². The van der Waals surface area contributed by atoms with Crippen LogP contribution in [0.5, 0.6) is 0 Å². The molecule has 0 radical (unpaired) electrons. The summed E-state index contributed by atoms with van der Waals surface area (Å²) in [4.78, 5) is 0. The van der Waals surface area contributed by atoms with Crippen LogP contribution in [0.25, 0.3) is 0 Å². The van der Waals surface area contributed by atoms with Gasteiger partial charge in [0.1, 0.15) is 6.61 Å². The van der Waals surface area contributed by atoms with E-state index in [9.17, 15) is 13.2 Å². The monoisotopic (exact) mass is 295 g/mol. The SMILES string of the molecule is OCC(F)(F)F.[Cl][Zr]([Cl])[Cl]. The van der Waals surface area contributed by atoms with E-state index in [4.69, 9.17) is 30.6 Å². The van der Waals surface area contributed by atoms with E-state index in [1.54, 1.807) is 0 Å². The van der Waals surface area contributed by atoms with Crippen molar-refractivity contribution in [2.24, 2.45) is 0 Å². The van der Waals surface area contributed by atoms with E-state index >= 15 is 0 Å². The normalized spacial score (nSPS) is 9.90. The van der Waals surface area contributed by atoms with Crippen LogP contribution in [-0.4, -0.2) is 17.9 Å². The number of halogens is 6. The molecule has 0 spiro atoms. The fourth-order valence-electron chi connectivity index (χ4n) is 0. The van der Waals surface area contributed by atoms with Crippen LogP contribution >= 0.6 is 25.5 Å². The molecule has 0 bridgehead atoms. The van der Waals surface area contributed by atoms with Gasteiger partial charge < -0.3 is 5.11 Å². The van der Waals surface area contributed by atoms with Gasteiger partial charge in [-0.25, -0.2) is 0 Å². The Morgan fingerprint density at radius 3 is 1.30 bits per heavy atom. The van der Waals surface area contributed by atoms with Gasteiger partial charge in [0.2, 0.25) is 0 Å². The molecule has 0 aliphatic carbocycles. The summed E-state index contributed by atoms with van der Waals surface area (Å²) in [6, 6.07) is 0. The Morgan fingerprint density at radius 2 is 1.30 bits per heavy atom. The first kappa shape index (κ1) is 14.1. The molecule has 0 saturated carbocycles. The van der Waals surface area contributed by atoms with Crippen LogP contribution < -0.4 is 0 Å². The summed E-state index contributed by atoms with van der Waals surface area (Å²) in [7, 11) is 15.0. The number of alkyl halides is 3. The molecule has 0 unspecified atom stereocenters. The van der Waals surface area contributed by atoms with Gasteiger partial charge in [-0.15, -0.1) is 0 Å². The van der Waals surface area contributed by atoms with E-state index in [1.165, 1.54) is 0 Å². The molecule has 0 aliphatic heterocycles. The third kappa shape index (κ3) is 33.9. The van der Waals surface area contributed by atoms with Crippen molar-refractivity contribution in [3.8, 4) is 0 Å². The van der Waals surface area contributed by atoms with Crippen molar-refractivity contribution in [3.05, 3.63) is 0 Å². The van der Waals surface area contributed by atoms with E-state index < -0.39 is 31.0 Å². The van der Waals surface area contributed by atoms with Crippen molar-refractivity contribution in [3.63, 3.8) is 0 Å². The average Bonchev–Trinajstić information content (AvgIpc) is 1.63. The van der Waals surface area contributed by atoms with E-state index in [2.05, 4.69) is 0 Å². The number of hydrogen-bond acceptors (Lipinski definition) is 1. The zero-order chi connectivity index (χ0) is 8.78. The van der Waals surface area contributed by atoms with Crippen LogP contribution in [0.1, 0.15) is 0 Å². The van der Waals surface area contributed by atoms with E-state index in [0.717, 1.165) is 0 Å². The number of hydrogen-bond donors (Lipinski definition) is 1. The summed E-state index contributed by atoms with van der Waals surface area (Å²) < 4.78 is 31.6. The van der Waals surface area contributed by atoms with Crippen LogP contribution in [0.15, 0.2) is 0 Å². The van der Waals surface area contributed by atoms with Crippen LogP contribution in [-0.2, 0) is 18.2 Å². The van der Waals surface area contributed by atoms with E-state index in [1.807, 2.05) is 0 Å². The zero-order valence-corrected chi connectivity index (χ0v) is 9.15. The van der Waals surface area contributed by atoms with Gasteiger partial charge in [0, 0.05) is 0 Å². The summed E-state index contributed by atoms with van der Waals surface area (Å²) in [5, 5.41) is 7.28. The molecule has 0 rings (SSSR count). The Hall–Kier alpha value is 1.50. The summed E-state index contributed by atoms with van der Waals surface area (Å²) in [6.07, 6.45) is -4.40. The first-order valence-corrected chi connectivity index (χ1v) is 11.3. The summed E-state index contributed by atoms with van der Waals surface area (Å²) >= 11 is -2.13. The Bertz CT molecular complexity index is 73.9. The van der Waals surface area contributed by atoms with Gasteiger partial charge in [-0.2, -0.15) is 13.2 Å². The zero-order valence-electron chi connectivity index (χ0n) is 4.42. The third-order valence-corrected chi connectivity index (χ3v) is 0.179. The topological polar surface area (TPSA) is 20.2 Å². The minimum absolute atomic E-state index is 1.73. The predicted octanol–water partition coefficient (Wildman–Crippen LogP) is 2.61. The molecule has 0 aliphatic rings. The first-order valence-electron chi connectivity index (χ1n) is 1.80. The molecule has 0 fully saturated rings. The van der Waals surface area contributed by atoms with Gasteiger partial charge in [-0.1, -0.05) is 0 Å². The molecular formula is C2H3Cl3F3OZr. The fourth-order valence-corrected chi connectivity index (χ4v) is 0. The summed E-state index contributed by atoms with van der Waals surface area (Å²) in [5.41, 5.74) is 0. The number of rotatable bonds is 0. The van der Waals surface area contributed by atoms with Crippen LogP contribution in [0.4, 0.5) is 13.2 Å². The van der Waals surface area contributed by atoms with Gasteiger partial charge in [-0.05, 0) is 0 Å². The van der Waals surface area contributed by atoms with Crippen molar-refractivity contribution in [2.45, 2.75) is 6.18 Å². The summed E-state index contributed by atoms with van der Waals surface area (Å²) in [5.74, 6) is 0. The second-order valence-corrected chi connectivity index (χ2v) is 12.2. The standard InChI is InChI=1S/C2H3F3O.3ClH.Zr/c3-2(4,5)1-6;;;;/h6H,1H2;3*1H;/q;;;;+3/p-3. The van der Waals surface area contributed by atoms with Crippen LogP contribution in [0, 0.1) is 0 Å². The maximum atomic E-state index is 10.5. The molecule has 0 amide bonds. The molecule has 0 atom stereocenters. The fraction of sp³-hybridized carbons (Fsp3) is 1.00. The van der Waals surface area contributed by atoms with Gasteiger partial charge >= 0.3 is 49.9 Å². The predicted molar refractivity (Wildman–Crippen MR) is 30.7 cm³/mol. The quantitative estimate of drug-likeness (QED) is 0.729. The van der Waals surface area contributed by atoms with Gasteiger partial charge in [0.15, 0.2) is 0 Å². The number of aliphatic hydroxyl groups excluding tert-OH is 1. The Kier molecular flexibility index (Phi) is 10.1. The van der Waals surface area contributed by atoms with Crippen molar-refractivity contribution in [1.29, 1.82) is 0 Å². The molecule has 0 aromatic heterocycles. The van der Waals surface area contributed by atoms with Gasteiger partial charge in [0.05, 0.1) is 0 Å². The molecule has 10 heavy (non-hydrogen) atoms. The minimum atomic E-state index is -4.40. The van der Waals surface area contributed by atoms with E-state index in [-0.39, 0.29) is 0 Å². The molecule has 8 heteroatoms. The summed E-state index contributed by atoms with van der Waals surface area (Å²) in [6.45, 7) is -1.73. The molecule has 0 heterocycles. The maximum absolute atomic E-state index is 10.5. The number of aliphatic hydroxyl groups is 1. The Morgan fingerprint density at radius 1 is 1.20 bits per heavy atom. The van der Waals surface area contributed by atoms with Crippen molar-refractivity contribution >= 4 is 25.5 Å². The first-order chi connectivity index (χ1) is 4.29. The molecule has 63 valence electrons. The Balaban J connectivity index is 0. The third-order valence-electron chi connectivity index (χ3n) is 0.179. The van der Waals surface area contributed by atoms with Crippen molar-refractivity contribution in [2.75, 3.05) is 6.61 Å². The Labute approximate surface area is 74.4 Å². The van der Waals surface area contributed by atoms with Crippen LogP contribution in [0.3, 0.4) is 0 Å². The second kappa shape index (κ2) is 7.17. The van der Waals surface area contributed by atoms with Gasteiger partial charge in [0.25, 0.3) is 0 Å². The molecule has 0 aromatic rings. The van der Waals surface area contributed by atoms with Gasteiger partial charge in [-0.3, -0.25) is 0 Å². The molecule has 1 nitrogen and oxygen atoms in total. The molecule has 1 N–H and O–H groups in total. The second-order valence-electron chi connectivity index (χ2n) is 0.988. The molecule has 0 aromatic carbocycles.